The molecule has 0 radical (unpaired) electrons. The lowest BCUT2D eigenvalue weighted by atomic mass is 10.0. The Hall–Kier alpha value is -2.90. The second-order valence-corrected chi connectivity index (χ2v) is 10.7. The Balaban J connectivity index is 1.46. The molecule has 3 amide bonds. The maximum Gasteiger partial charge on any atom is 0.352 e. The molecule has 13 heteroatoms. The lowest BCUT2D eigenvalue weighted by Crippen LogP contribution is -2.71. The number of nitrogens with one attached hydrogen (secondary N) is 2. The van der Waals surface area contributed by atoms with Crippen LogP contribution in [0.5, 0.6) is 0 Å². The average molecular weight is 506 g/mol. The number of fused-ring (bicyclic) bond motifs is 1. The Bertz CT molecular complexity index is 1090. The molecule has 1 aromatic carbocycles. The number of benzene rings is 1. The fourth-order valence-electron chi connectivity index (χ4n) is 3.47. The molecule has 2 unspecified atom stereocenters. The zero-order chi connectivity index (χ0) is 23.5. The summed E-state index contributed by atoms with van der Waals surface area (Å²) in [5.41, 5.74) is 2.04. The van der Waals surface area contributed by atoms with Crippen molar-refractivity contribution in [3.8, 4) is 0 Å². The van der Waals surface area contributed by atoms with Crippen LogP contribution in [-0.2, 0) is 19.2 Å². The molecule has 2 aromatic rings. The van der Waals surface area contributed by atoms with E-state index in [0.29, 0.717) is 9.90 Å². The Kier molecular flexibility index (Phi) is 7.00. The monoisotopic (exact) mass is 505 g/mol. The first-order valence-electron chi connectivity index (χ1n) is 9.82. The second kappa shape index (κ2) is 9.93. The Morgan fingerprint density at radius 3 is 2.70 bits per heavy atom. The highest BCUT2D eigenvalue weighted by molar-refractivity contribution is 8.01. The van der Waals surface area contributed by atoms with Gasteiger partial charge in [-0.2, -0.15) is 0 Å². The van der Waals surface area contributed by atoms with E-state index in [0.717, 1.165) is 0 Å². The van der Waals surface area contributed by atoms with Gasteiger partial charge in [0.2, 0.25) is 11.8 Å². The van der Waals surface area contributed by atoms with Crippen LogP contribution in [0.1, 0.15) is 18.5 Å². The maximum absolute atomic E-state index is 13.2. The highest BCUT2D eigenvalue weighted by atomic mass is 32.2. The van der Waals surface area contributed by atoms with Gasteiger partial charge in [-0.3, -0.25) is 19.3 Å². The fourth-order valence-corrected chi connectivity index (χ4v) is 6.09. The minimum atomic E-state index is -1.19. The SMILES string of the molecule is CC1C=C(C(=O)O)N2C(=O)C(NC(=O)[C@@H](NC(=O)CSc3nncs3)c3ccccc3)[C@@H]2S1. The standard InChI is InChI=1S/C20H19N5O5S3/c1-10-7-12(19(29)30)25-17(28)15(18(25)33-10)23-16(27)14(11-5-3-2-4-6-11)22-13(26)8-31-20-24-21-9-32-20/h2-7,9-10,14-15,18H,8H2,1H3,(H,22,26)(H,23,27)(H,29,30)/t10?,14-,15?,18-/m0/s1. The van der Waals surface area contributed by atoms with Crippen molar-refractivity contribution in [3.63, 3.8) is 0 Å². The fraction of sp³-hybridized carbons (Fsp3) is 0.300. The molecule has 33 heavy (non-hydrogen) atoms. The van der Waals surface area contributed by atoms with E-state index in [1.807, 2.05) is 6.92 Å². The van der Waals surface area contributed by atoms with Crippen LogP contribution < -0.4 is 10.6 Å². The number of aliphatic carboxylic acids is 1. The quantitative estimate of drug-likeness (QED) is 0.357. The van der Waals surface area contributed by atoms with E-state index in [1.165, 1.54) is 45.8 Å². The summed E-state index contributed by atoms with van der Waals surface area (Å²) < 4.78 is 0.636. The molecular formula is C20H19N5O5S3. The number of carbonyl (C=O) groups is 4. The van der Waals surface area contributed by atoms with E-state index in [9.17, 15) is 24.3 Å². The van der Waals surface area contributed by atoms with Gasteiger partial charge >= 0.3 is 5.97 Å². The molecular weight excluding hydrogens is 486 g/mol. The summed E-state index contributed by atoms with van der Waals surface area (Å²) in [7, 11) is 0. The highest BCUT2D eigenvalue weighted by Gasteiger charge is 2.54. The maximum atomic E-state index is 13.2. The van der Waals surface area contributed by atoms with Crippen LogP contribution in [0, 0.1) is 0 Å². The van der Waals surface area contributed by atoms with Gasteiger partial charge < -0.3 is 15.7 Å². The minimum Gasteiger partial charge on any atom is -0.477 e. The van der Waals surface area contributed by atoms with E-state index < -0.39 is 35.2 Å². The van der Waals surface area contributed by atoms with Gasteiger partial charge in [-0.15, -0.1) is 22.0 Å². The molecule has 1 saturated heterocycles. The number of hydrogen-bond donors (Lipinski definition) is 3. The van der Waals surface area contributed by atoms with Gasteiger partial charge in [-0.25, -0.2) is 4.79 Å². The summed E-state index contributed by atoms with van der Waals surface area (Å²) in [5.74, 6) is -2.56. The molecule has 172 valence electrons. The number of hydrogen-bond acceptors (Lipinski definition) is 9. The van der Waals surface area contributed by atoms with Crippen LogP contribution in [0.4, 0.5) is 0 Å². The topological polar surface area (TPSA) is 142 Å². The first kappa shape index (κ1) is 23.3. The lowest BCUT2D eigenvalue weighted by Gasteiger charge is -2.49. The van der Waals surface area contributed by atoms with Crippen molar-refractivity contribution < 1.29 is 24.3 Å². The number of β-lactam (4-membered cyclic amide) rings is 1. The molecule has 1 fully saturated rings. The van der Waals surface area contributed by atoms with E-state index >= 15 is 0 Å². The lowest BCUT2D eigenvalue weighted by molar-refractivity contribution is -0.151. The number of carboxylic acid groups (broad SMARTS) is 1. The Labute approximate surface area is 201 Å². The number of nitrogens with zero attached hydrogens (tertiary/aromatic N) is 3. The number of rotatable bonds is 8. The van der Waals surface area contributed by atoms with E-state index in [2.05, 4.69) is 20.8 Å². The van der Waals surface area contributed by atoms with Crippen molar-refractivity contribution in [1.29, 1.82) is 0 Å². The van der Waals surface area contributed by atoms with Crippen LogP contribution >= 0.6 is 34.9 Å². The molecule has 2 aliphatic heterocycles. The Morgan fingerprint density at radius 2 is 2.03 bits per heavy atom. The molecule has 4 rings (SSSR count). The zero-order valence-electron chi connectivity index (χ0n) is 17.2. The summed E-state index contributed by atoms with van der Waals surface area (Å²) in [4.78, 5) is 51.1. The first-order valence-corrected chi connectivity index (χ1v) is 12.6. The summed E-state index contributed by atoms with van der Waals surface area (Å²) in [6, 6.07) is 6.80. The predicted molar refractivity (Wildman–Crippen MR) is 123 cm³/mol. The van der Waals surface area contributed by atoms with Crippen molar-refractivity contribution in [2.75, 3.05) is 5.75 Å². The number of carbonyl (C=O) groups excluding carboxylic acids is 3. The molecule has 0 bridgehead atoms. The van der Waals surface area contributed by atoms with Crippen molar-refractivity contribution in [2.24, 2.45) is 0 Å². The van der Waals surface area contributed by atoms with Gasteiger partial charge in [-0.05, 0) is 18.6 Å². The predicted octanol–water partition coefficient (Wildman–Crippen LogP) is 1.24. The molecule has 3 heterocycles. The number of amides is 3. The molecule has 10 nitrogen and oxygen atoms in total. The molecule has 4 atom stereocenters. The molecule has 0 saturated carbocycles. The van der Waals surface area contributed by atoms with Crippen LogP contribution in [0.15, 0.2) is 52.0 Å². The third-order valence-corrected chi connectivity index (χ3v) is 8.12. The summed E-state index contributed by atoms with van der Waals surface area (Å²) in [5, 5.41) is 21.8. The van der Waals surface area contributed by atoms with E-state index in [4.69, 9.17) is 0 Å². The smallest absolute Gasteiger partial charge is 0.352 e. The van der Waals surface area contributed by atoms with Crippen LogP contribution in [-0.4, -0.2) is 66.3 Å². The van der Waals surface area contributed by atoms with Gasteiger partial charge in [0, 0.05) is 5.25 Å². The van der Waals surface area contributed by atoms with Crippen molar-refractivity contribution in [3.05, 3.63) is 53.2 Å². The zero-order valence-corrected chi connectivity index (χ0v) is 19.7. The highest BCUT2D eigenvalue weighted by Crippen LogP contribution is 2.40. The number of carboxylic acids is 1. The first-order chi connectivity index (χ1) is 15.8. The second-order valence-electron chi connectivity index (χ2n) is 7.19. The third kappa shape index (κ3) is 5.04. The number of thioether (sulfide) groups is 2. The van der Waals surface area contributed by atoms with E-state index in [-0.39, 0.29) is 22.6 Å². The van der Waals surface area contributed by atoms with Crippen molar-refractivity contribution in [2.45, 2.75) is 34.0 Å². The molecule has 0 aliphatic carbocycles. The molecule has 3 N–H and O–H groups in total. The third-order valence-electron chi connectivity index (χ3n) is 4.93. The van der Waals surface area contributed by atoms with Crippen LogP contribution in [0.25, 0.3) is 0 Å². The normalized spacial score (nSPS) is 22.5. The van der Waals surface area contributed by atoms with Gasteiger partial charge in [0.1, 0.15) is 28.7 Å². The van der Waals surface area contributed by atoms with Gasteiger partial charge in [-0.1, -0.05) is 53.4 Å². The molecule has 2 aliphatic rings. The number of aromatic nitrogens is 2. The minimum absolute atomic E-state index is 0.0463. The van der Waals surface area contributed by atoms with E-state index in [1.54, 1.807) is 35.8 Å². The largest absolute Gasteiger partial charge is 0.477 e. The van der Waals surface area contributed by atoms with Gasteiger partial charge in [0.05, 0.1) is 5.75 Å². The van der Waals surface area contributed by atoms with Crippen molar-refractivity contribution in [1.82, 2.24) is 25.7 Å². The summed E-state index contributed by atoms with van der Waals surface area (Å²) in [6.07, 6.45) is 1.52. The Morgan fingerprint density at radius 1 is 1.27 bits per heavy atom. The average Bonchev–Trinajstić information content (AvgIpc) is 3.33. The van der Waals surface area contributed by atoms with Gasteiger partial charge in [0.15, 0.2) is 4.34 Å². The van der Waals surface area contributed by atoms with Crippen LogP contribution in [0.3, 0.4) is 0 Å². The van der Waals surface area contributed by atoms with Crippen molar-refractivity contribution >= 4 is 58.6 Å². The summed E-state index contributed by atoms with van der Waals surface area (Å²) in [6.45, 7) is 1.83. The summed E-state index contributed by atoms with van der Waals surface area (Å²) >= 11 is 3.90. The van der Waals surface area contributed by atoms with Crippen LogP contribution in [0.2, 0.25) is 0 Å². The van der Waals surface area contributed by atoms with Gasteiger partial charge in [0.25, 0.3) is 5.91 Å². The molecule has 0 spiro atoms. The molecule has 1 aromatic heterocycles.